The molecule has 1 saturated carbocycles. The Balaban J connectivity index is 2.10. The quantitative estimate of drug-likeness (QED) is 0.876. The van der Waals surface area contributed by atoms with Gasteiger partial charge in [0.1, 0.15) is 0 Å². The summed E-state index contributed by atoms with van der Waals surface area (Å²) in [6.07, 6.45) is 4.00. The lowest BCUT2D eigenvalue weighted by Crippen LogP contribution is -2.42. The van der Waals surface area contributed by atoms with E-state index in [1.807, 2.05) is 24.9 Å². The minimum Gasteiger partial charge on any atom is -0.318 e. The largest absolute Gasteiger partial charge is 0.318 e. The predicted octanol–water partition coefficient (Wildman–Crippen LogP) is 3.88. The average molecular weight is 256 g/mol. The Hall–Kier alpha value is -0.180. The van der Waals surface area contributed by atoms with Crippen molar-refractivity contribution in [3.8, 4) is 0 Å². The van der Waals surface area contributed by atoms with Crippen LogP contribution in [0.1, 0.15) is 24.8 Å². The third kappa shape index (κ3) is 2.55. The van der Waals surface area contributed by atoms with Crippen molar-refractivity contribution in [1.82, 2.24) is 5.32 Å². The molecule has 0 heterocycles. The topological polar surface area (TPSA) is 12.0 Å². The van der Waals surface area contributed by atoms with Crippen LogP contribution >= 0.6 is 23.4 Å². The Morgan fingerprint density at radius 1 is 1.44 bits per heavy atom. The van der Waals surface area contributed by atoms with Crippen molar-refractivity contribution in [3.63, 3.8) is 0 Å². The van der Waals surface area contributed by atoms with Crippen LogP contribution in [0.5, 0.6) is 0 Å². The monoisotopic (exact) mass is 255 g/mol. The van der Waals surface area contributed by atoms with E-state index in [0.717, 1.165) is 11.6 Å². The molecule has 0 unspecified atom stereocenters. The highest BCUT2D eigenvalue weighted by molar-refractivity contribution is 8.00. The molecule has 16 heavy (non-hydrogen) atoms. The fraction of sp³-hybridized carbons (Fsp3) is 0.538. The molecular weight excluding hydrogens is 238 g/mol. The van der Waals surface area contributed by atoms with E-state index >= 15 is 0 Å². The Kier molecular flexibility index (Phi) is 3.83. The molecule has 1 aliphatic carbocycles. The highest BCUT2D eigenvalue weighted by atomic mass is 35.5. The molecule has 1 aliphatic rings. The zero-order chi connectivity index (χ0) is 11.6. The summed E-state index contributed by atoms with van der Waals surface area (Å²) < 4.78 is 0.426. The smallest absolute Gasteiger partial charge is 0.0435 e. The van der Waals surface area contributed by atoms with Crippen LogP contribution in [0.25, 0.3) is 0 Å². The van der Waals surface area contributed by atoms with E-state index in [0.29, 0.717) is 4.75 Å². The van der Waals surface area contributed by atoms with Gasteiger partial charge in [0.2, 0.25) is 0 Å². The Labute approximate surface area is 107 Å². The first-order valence-corrected chi connectivity index (χ1v) is 6.94. The number of rotatable bonds is 4. The zero-order valence-electron chi connectivity index (χ0n) is 9.85. The molecule has 2 rings (SSSR count). The Morgan fingerprint density at radius 3 is 2.69 bits per heavy atom. The highest BCUT2D eigenvalue weighted by Gasteiger charge is 2.37. The van der Waals surface area contributed by atoms with Gasteiger partial charge < -0.3 is 5.32 Å². The number of benzene rings is 1. The summed E-state index contributed by atoms with van der Waals surface area (Å²) in [6.45, 7) is 3.16. The van der Waals surface area contributed by atoms with Crippen LogP contribution in [-0.2, 0) is 0 Å². The summed E-state index contributed by atoms with van der Waals surface area (Å²) in [6, 6.07) is 6.34. The molecule has 1 aromatic rings. The lowest BCUT2D eigenvalue weighted by molar-refractivity contribution is 0.353. The van der Waals surface area contributed by atoms with Gasteiger partial charge in [0, 0.05) is 21.2 Å². The van der Waals surface area contributed by atoms with E-state index in [1.165, 1.54) is 29.7 Å². The third-order valence-corrected chi connectivity index (χ3v) is 5.13. The molecule has 1 nitrogen and oxygen atoms in total. The van der Waals surface area contributed by atoms with Crippen molar-refractivity contribution in [2.45, 2.75) is 35.8 Å². The van der Waals surface area contributed by atoms with Gasteiger partial charge in [-0.2, -0.15) is 0 Å². The van der Waals surface area contributed by atoms with Crippen LogP contribution in [0.3, 0.4) is 0 Å². The molecule has 88 valence electrons. The number of halogens is 1. The second-order valence-corrected chi connectivity index (χ2v) is 6.53. The summed E-state index contributed by atoms with van der Waals surface area (Å²) >= 11 is 8.04. The number of hydrogen-bond donors (Lipinski definition) is 1. The van der Waals surface area contributed by atoms with Gasteiger partial charge in [0.25, 0.3) is 0 Å². The van der Waals surface area contributed by atoms with E-state index in [9.17, 15) is 0 Å². The van der Waals surface area contributed by atoms with Crippen molar-refractivity contribution in [2.75, 3.05) is 13.6 Å². The van der Waals surface area contributed by atoms with Gasteiger partial charge in [-0.25, -0.2) is 0 Å². The summed E-state index contributed by atoms with van der Waals surface area (Å²) in [7, 11) is 2.04. The molecule has 1 fully saturated rings. The molecule has 0 amide bonds. The summed E-state index contributed by atoms with van der Waals surface area (Å²) in [5, 5.41) is 4.17. The fourth-order valence-corrected chi connectivity index (χ4v) is 3.84. The van der Waals surface area contributed by atoms with Crippen molar-refractivity contribution in [1.29, 1.82) is 0 Å². The fourth-order valence-electron chi connectivity index (χ4n) is 2.14. The Bertz CT molecular complexity index is 374. The molecule has 1 aromatic carbocycles. The molecule has 0 aromatic heterocycles. The second kappa shape index (κ2) is 4.99. The number of nitrogens with one attached hydrogen (secondary N) is 1. The number of aryl methyl sites for hydroxylation is 1. The third-order valence-electron chi connectivity index (χ3n) is 3.23. The van der Waals surface area contributed by atoms with E-state index in [-0.39, 0.29) is 0 Å². The van der Waals surface area contributed by atoms with Gasteiger partial charge >= 0.3 is 0 Å². The average Bonchev–Trinajstić information content (AvgIpc) is 2.20. The van der Waals surface area contributed by atoms with Crippen LogP contribution in [0.2, 0.25) is 5.02 Å². The molecule has 0 atom stereocenters. The SMILES string of the molecule is CNCC1(Sc2ccc(Cl)c(C)c2)CCC1. The summed E-state index contributed by atoms with van der Waals surface area (Å²) in [5.41, 5.74) is 1.17. The molecule has 0 bridgehead atoms. The Morgan fingerprint density at radius 2 is 2.19 bits per heavy atom. The first kappa shape index (κ1) is 12.3. The van der Waals surface area contributed by atoms with Gasteiger partial charge in [-0.3, -0.25) is 0 Å². The van der Waals surface area contributed by atoms with Crippen molar-refractivity contribution >= 4 is 23.4 Å². The molecule has 0 saturated heterocycles. The minimum atomic E-state index is 0.426. The number of hydrogen-bond acceptors (Lipinski definition) is 2. The van der Waals surface area contributed by atoms with Crippen LogP contribution in [-0.4, -0.2) is 18.3 Å². The maximum Gasteiger partial charge on any atom is 0.0435 e. The van der Waals surface area contributed by atoms with Gasteiger partial charge in [0.05, 0.1) is 0 Å². The normalized spacial score (nSPS) is 18.2. The molecule has 0 radical (unpaired) electrons. The highest BCUT2D eigenvalue weighted by Crippen LogP contribution is 2.47. The van der Waals surface area contributed by atoms with Crippen LogP contribution < -0.4 is 5.32 Å². The first-order chi connectivity index (χ1) is 7.65. The molecule has 0 aliphatic heterocycles. The standard InChI is InChI=1S/C13H18ClNS/c1-10-8-11(4-5-12(10)14)16-13(9-15-2)6-3-7-13/h4-5,8,15H,3,6-7,9H2,1-2H3. The lowest BCUT2D eigenvalue weighted by atomic mass is 9.84. The van der Waals surface area contributed by atoms with E-state index < -0.39 is 0 Å². The van der Waals surface area contributed by atoms with E-state index in [4.69, 9.17) is 11.6 Å². The van der Waals surface area contributed by atoms with Crippen molar-refractivity contribution in [3.05, 3.63) is 28.8 Å². The first-order valence-electron chi connectivity index (χ1n) is 5.75. The van der Waals surface area contributed by atoms with E-state index in [1.54, 1.807) is 0 Å². The summed E-state index contributed by atoms with van der Waals surface area (Å²) in [4.78, 5) is 1.34. The second-order valence-electron chi connectivity index (χ2n) is 4.58. The van der Waals surface area contributed by atoms with Crippen molar-refractivity contribution < 1.29 is 0 Å². The zero-order valence-corrected chi connectivity index (χ0v) is 11.4. The van der Waals surface area contributed by atoms with Crippen LogP contribution in [0, 0.1) is 6.92 Å². The van der Waals surface area contributed by atoms with Gasteiger partial charge in [0.15, 0.2) is 0 Å². The van der Waals surface area contributed by atoms with Gasteiger partial charge in [-0.1, -0.05) is 18.0 Å². The minimum absolute atomic E-state index is 0.426. The van der Waals surface area contributed by atoms with Gasteiger partial charge in [-0.15, -0.1) is 11.8 Å². The molecule has 3 heteroatoms. The summed E-state index contributed by atoms with van der Waals surface area (Å²) in [5.74, 6) is 0. The van der Waals surface area contributed by atoms with Crippen LogP contribution in [0.15, 0.2) is 23.1 Å². The molecule has 0 spiro atoms. The maximum atomic E-state index is 6.04. The molecular formula is C13H18ClNS. The lowest BCUT2D eigenvalue weighted by Gasteiger charge is -2.41. The predicted molar refractivity (Wildman–Crippen MR) is 72.6 cm³/mol. The van der Waals surface area contributed by atoms with Crippen LogP contribution in [0.4, 0.5) is 0 Å². The van der Waals surface area contributed by atoms with Crippen molar-refractivity contribution in [2.24, 2.45) is 0 Å². The van der Waals surface area contributed by atoms with E-state index in [2.05, 4.69) is 24.4 Å². The number of thioether (sulfide) groups is 1. The molecule has 1 N–H and O–H groups in total. The maximum absolute atomic E-state index is 6.04. The van der Waals surface area contributed by atoms with Gasteiger partial charge in [-0.05, 0) is 50.6 Å².